The summed E-state index contributed by atoms with van der Waals surface area (Å²) < 4.78 is 5.94. The molecule has 0 aromatic heterocycles. The second-order valence-electron chi connectivity index (χ2n) is 8.09. The highest BCUT2D eigenvalue weighted by atomic mass is 16.5. The van der Waals surface area contributed by atoms with Crippen LogP contribution >= 0.6 is 0 Å². The average Bonchev–Trinajstić information content (AvgIpc) is 2.47. The van der Waals surface area contributed by atoms with Gasteiger partial charge in [-0.15, -0.1) is 0 Å². The van der Waals surface area contributed by atoms with Crippen molar-refractivity contribution in [3.05, 3.63) is 29.8 Å². The molecule has 2 nitrogen and oxygen atoms in total. The maximum absolute atomic E-state index is 5.94. The summed E-state index contributed by atoms with van der Waals surface area (Å²) in [4.78, 5) is 2.48. The molecule has 0 saturated carbocycles. The van der Waals surface area contributed by atoms with Crippen LogP contribution in [0.5, 0.6) is 5.75 Å². The van der Waals surface area contributed by atoms with E-state index in [9.17, 15) is 0 Å². The molecule has 132 valence electrons. The molecule has 2 heteroatoms. The van der Waals surface area contributed by atoms with Crippen molar-refractivity contribution < 1.29 is 4.74 Å². The Bertz CT molecular complexity index is 436. The summed E-state index contributed by atoms with van der Waals surface area (Å²) in [7, 11) is 0. The second-order valence-corrected chi connectivity index (χ2v) is 8.09. The van der Waals surface area contributed by atoms with Gasteiger partial charge in [-0.25, -0.2) is 0 Å². The first-order valence-corrected chi connectivity index (χ1v) is 9.18. The van der Waals surface area contributed by atoms with Gasteiger partial charge < -0.3 is 4.74 Å². The van der Waals surface area contributed by atoms with E-state index in [0.717, 1.165) is 32.0 Å². The van der Waals surface area contributed by atoms with Crippen molar-refractivity contribution in [1.29, 1.82) is 0 Å². The lowest BCUT2D eigenvalue weighted by Crippen LogP contribution is -2.33. The first-order chi connectivity index (χ1) is 10.7. The van der Waals surface area contributed by atoms with Crippen LogP contribution in [0, 0.1) is 5.41 Å². The zero-order valence-electron chi connectivity index (χ0n) is 16.4. The van der Waals surface area contributed by atoms with Crippen molar-refractivity contribution in [1.82, 2.24) is 4.90 Å². The van der Waals surface area contributed by atoms with Crippen LogP contribution < -0.4 is 4.74 Å². The molecule has 1 rings (SSSR count). The predicted octanol–water partition coefficient (Wildman–Crippen LogP) is 5.51. The van der Waals surface area contributed by atoms with Gasteiger partial charge in [0.05, 0.1) is 0 Å². The van der Waals surface area contributed by atoms with Crippen molar-refractivity contribution in [2.24, 2.45) is 5.41 Å². The molecule has 0 aliphatic heterocycles. The second kappa shape index (κ2) is 8.73. The number of rotatable bonds is 9. The van der Waals surface area contributed by atoms with Crippen LogP contribution in [0.1, 0.15) is 66.9 Å². The van der Waals surface area contributed by atoms with Crippen LogP contribution in [-0.4, -0.2) is 31.1 Å². The van der Waals surface area contributed by atoms with Gasteiger partial charge in [-0.2, -0.15) is 0 Å². The van der Waals surface area contributed by atoms with Crippen LogP contribution in [-0.2, 0) is 5.41 Å². The Morgan fingerprint density at radius 3 is 1.78 bits per heavy atom. The summed E-state index contributed by atoms with van der Waals surface area (Å²) in [6.07, 6.45) is 2.41. The molecular formula is C21H37NO. The maximum Gasteiger partial charge on any atom is 0.119 e. The maximum atomic E-state index is 5.94. The molecular weight excluding hydrogens is 282 g/mol. The third-order valence-electron chi connectivity index (χ3n) is 5.21. The van der Waals surface area contributed by atoms with Gasteiger partial charge in [-0.05, 0) is 54.5 Å². The Morgan fingerprint density at radius 1 is 0.826 bits per heavy atom. The Hall–Kier alpha value is -1.02. The molecule has 0 amide bonds. The molecule has 0 bridgehead atoms. The summed E-state index contributed by atoms with van der Waals surface area (Å²) in [5, 5.41) is 0. The highest BCUT2D eigenvalue weighted by Gasteiger charge is 2.34. The highest BCUT2D eigenvalue weighted by Crippen LogP contribution is 2.41. The lowest BCUT2D eigenvalue weighted by Gasteiger charge is -2.39. The smallest absolute Gasteiger partial charge is 0.119 e. The van der Waals surface area contributed by atoms with Gasteiger partial charge in [0.1, 0.15) is 12.4 Å². The van der Waals surface area contributed by atoms with E-state index in [2.05, 4.69) is 77.6 Å². The van der Waals surface area contributed by atoms with Gasteiger partial charge in [-0.3, -0.25) is 4.90 Å². The first-order valence-electron chi connectivity index (χ1n) is 9.18. The van der Waals surface area contributed by atoms with Crippen LogP contribution in [0.4, 0.5) is 0 Å². The van der Waals surface area contributed by atoms with Crippen LogP contribution in [0.2, 0.25) is 0 Å². The number of benzene rings is 1. The number of nitrogens with zero attached hydrogens (tertiary/aromatic N) is 1. The minimum Gasteiger partial charge on any atom is -0.492 e. The summed E-state index contributed by atoms with van der Waals surface area (Å²) >= 11 is 0. The largest absolute Gasteiger partial charge is 0.492 e. The third-order valence-corrected chi connectivity index (χ3v) is 5.21. The molecule has 0 spiro atoms. The average molecular weight is 320 g/mol. The molecule has 0 N–H and O–H groups in total. The number of hydrogen-bond donors (Lipinski definition) is 0. The fourth-order valence-corrected chi connectivity index (χ4v) is 2.66. The van der Waals surface area contributed by atoms with E-state index in [4.69, 9.17) is 4.74 Å². The molecule has 0 aliphatic carbocycles. The van der Waals surface area contributed by atoms with Gasteiger partial charge in [0.15, 0.2) is 0 Å². The fourth-order valence-electron chi connectivity index (χ4n) is 2.66. The SMILES string of the molecule is CCCN(CCC)CCOc1ccc(C(C)(C)C(C)(C)C)cc1. The van der Waals surface area contributed by atoms with Crippen molar-refractivity contribution in [3.8, 4) is 5.75 Å². The van der Waals surface area contributed by atoms with E-state index in [-0.39, 0.29) is 10.8 Å². The lowest BCUT2D eigenvalue weighted by atomic mass is 9.65. The lowest BCUT2D eigenvalue weighted by molar-refractivity contribution is 0.208. The zero-order valence-corrected chi connectivity index (χ0v) is 16.4. The third kappa shape index (κ3) is 5.84. The quantitative estimate of drug-likeness (QED) is 0.595. The molecule has 0 radical (unpaired) electrons. The Morgan fingerprint density at radius 2 is 1.35 bits per heavy atom. The topological polar surface area (TPSA) is 12.5 Å². The van der Waals surface area contributed by atoms with E-state index in [1.165, 1.54) is 18.4 Å². The van der Waals surface area contributed by atoms with Gasteiger partial charge in [-0.1, -0.05) is 60.6 Å². The van der Waals surface area contributed by atoms with Crippen molar-refractivity contribution >= 4 is 0 Å². The van der Waals surface area contributed by atoms with Crippen LogP contribution in [0.25, 0.3) is 0 Å². The molecule has 1 aromatic rings. The highest BCUT2D eigenvalue weighted by molar-refractivity contribution is 5.32. The minimum absolute atomic E-state index is 0.143. The Kier molecular flexibility index (Phi) is 7.60. The minimum atomic E-state index is 0.143. The van der Waals surface area contributed by atoms with E-state index >= 15 is 0 Å². The van der Waals surface area contributed by atoms with E-state index in [1.807, 2.05) is 0 Å². The summed E-state index contributed by atoms with van der Waals surface area (Å²) in [5.41, 5.74) is 1.75. The number of ether oxygens (including phenoxy) is 1. The standard InChI is InChI=1S/C21H37NO/c1-8-14-22(15-9-2)16-17-23-19-12-10-18(11-13-19)21(6,7)20(3,4)5/h10-13H,8-9,14-17H2,1-7H3. The summed E-state index contributed by atoms with van der Waals surface area (Å²) in [5.74, 6) is 0.978. The van der Waals surface area contributed by atoms with E-state index in [0.29, 0.717) is 0 Å². The molecule has 0 unspecified atom stereocenters. The van der Waals surface area contributed by atoms with Gasteiger partial charge >= 0.3 is 0 Å². The monoisotopic (exact) mass is 319 g/mol. The molecule has 0 aliphatic rings. The van der Waals surface area contributed by atoms with Crippen molar-refractivity contribution in [3.63, 3.8) is 0 Å². The van der Waals surface area contributed by atoms with Gasteiger partial charge in [0, 0.05) is 6.54 Å². The Balaban J connectivity index is 2.58. The summed E-state index contributed by atoms with van der Waals surface area (Å²) in [6, 6.07) is 8.67. The summed E-state index contributed by atoms with van der Waals surface area (Å²) in [6.45, 7) is 20.1. The van der Waals surface area contributed by atoms with Crippen molar-refractivity contribution in [2.45, 2.75) is 66.7 Å². The fraction of sp³-hybridized carbons (Fsp3) is 0.714. The van der Waals surface area contributed by atoms with Crippen LogP contribution in [0.3, 0.4) is 0 Å². The predicted molar refractivity (Wildman–Crippen MR) is 101 cm³/mol. The molecule has 0 fully saturated rings. The van der Waals surface area contributed by atoms with Gasteiger partial charge in [0.25, 0.3) is 0 Å². The molecule has 23 heavy (non-hydrogen) atoms. The van der Waals surface area contributed by atoms with Gasteiger partial charge in [0.2, 0.25) is 0 Å². The number of hydrogen-bond acceptors (Lipinski definition) is 2. The molecule has 1 aromatic carbocycles. The van der Waals surface area contributed by atoms with Crippen LogP contribution in [0.15, 0.2) is 24.3 Å². The van der Waals surface area contributed by atoms with E-state index < -0.39 is 0 Å². The van der Waals surface area contributed by atoms with Crippen molar-refractivity contribution in [2.75, 3.05) is 26.2 Å². The zero-order chi connectivity index (χ0) is 17.5. The first kappa shape index (κ1) is 20.0. The Labute approximate surface area is 144 Å². The molecule has 0 atom stereocenters. The normalized spacial score (nSPS) is 12.7. The molecule has 0 heterocycles. The van der Waals surface area contributed by atoms with E-state index in [1.54, 1.807) is 0 Å². The molecule has 0 saturated heterocycles.